The van der Waals surface area contributed by atoms with Crippen LogP contribution in [0.25, 0.3) is 0 Å². The fourth-order valence-electron chi connectivity index (χ4n) is 1.11. The molecule has 1 aromatic carbocycles. The first-order valence-electron chi connectivity index (χ1n) is 4.83. The highest BCUT2D eigenvalue weighted by Crippen LogP contribution is 2.24. The quantitative estimate of drug-likeness (QED) is 0.756. The van der Waals surface area contributed by atoms with Crippen molar-refractivity contribution in [3.63, 3.8) is 0 Å². The van der Waals surface area contributed by atoms with Gasteiger partial charge in [0.2, 0.25) is 0 Å². The van der Waals surface area contributed by atoms with Crippen LogP contribution >= 0.6 is 27.7 Å². The van der Waals surface area contributed by atoms with E-state index in [1.54, 1.807) is 17.8 Å². The van der Waals surface area contributed by atoms with Gasteiger partial charge < -0.3 is 4.74 Å². The van der Waals surface area contributed by atoms with E-state index in [-0.39, 0.29) is 11.9 Å². The Labute approximate surface area is 103 Å². The topological polar surface area (TPSA) is 9.23 Å². The van der Waals surface area contributed by atoms with Gasteiger partial charge in [-0.1, -0.05) is 0 Å². The van der Waals surface area contributed by atoms with Crippen molar-refractivity contribution >= 4 is 27.7 Å². The SMILES string of the molecule is CCOC(C)CSc1ccc(Br)c(F)c1. The van der Waals surface area contributed by atoms with Crippen LogP contribution < -0.4 is 0 Å². The molecule has 0 aliphatic heterocycles. The lowest BCUT2D eigenvalue weighted by Crippen LogP contribution is -2.10. The van der Waals surface area contributed by atoms with Gasteiger partial charge >= 0.3 is 0 Å². The summed E-state index contributed by atoms with van der Waals surface area (Å²) in [6.07, 6.45) is 0.201. The van der Waals surface area contributed by atoms with Gasteiger partial charge in [-0.3, -0.25) is 0 Å². The molecule has 1 unspecified atom stereocenters. The van der Waals surface area contributed by atoms with Crippen LogP contribution in [0, 0.1) is 5.82 Å². The fourth-order valence-corrected chi connectivity index (χ4v) is 2.23. The van der Waals surface area contributed by atoms with Gasteiger partial charge in [-0.2, -0.15) is 0 Å². The minimum absolute atomic E-state index is 0.201. The zero-order valence-corrected chi connectivity index (χ0v) is 11.2. The van der Waals surface area contributed by atoms with Crippen molar-refractivity contribution in [2.75, 3.05) is 12.4 Å². The van der Waals surface area contributed by atoms with E-state index < -0.39 is 0 Å². The molecule has 0 heterocycles. The number of hydrogen-bond acceptors (Lipinski definition) is 2. The second-order valence-electron chi connectivity index (χ2n) is 3.15. The van der Waals surface area contributed by atoms with Gasteiger partial charge in [0.1, 0.15) is 5.82 Å². The Bertz CT molecular complexity index is 319. The molecule has 0 N–H and O–H groups in total. The summed E-state index contributed by atoms with van der Waals surface area (Å²) < 4.78 is 19.1. The maximum Gasteiger partial charge on any atom is 0.138 e. The highest BCUT2D eigenvalue weighted by atomic mass is 79.9. The molecule has 0 aliphatic carbocycles. The predicted octanol–water partition coefficient (Wildman–Crippen LogP) is 4.11. The molecule has 15 heavy (non-hydrogen) atoms. The Morgan fingerprint density at radius 2 is 2.27 bits per heavy atom. The highest BCUT2D eigenvalue weighted by molar-refractivity contribution is 9.10. The van der Waals surface area contributed by atoms with Crippen LogP contribution in [0.1, 0.15) is 13.8 Å². The number of rotatable bonds is 5. The molecule has 0 aromatic heterocycles. The normalized spacial score (nSPS) is 12.8. The van der Waals surface area contributed by atoms with E-state index in [1.807, 2.05) is 19.9 Å². The summed E-state index contributed by atoms with van der Waals surface area (Å²) in [5.41, 5.74) is 0. The summed E-state index contributed by atoms with van der Waals surface area (Å²) in [7, 11) is 0. The Balaban J connectivity index is 2.47. The molecule has 0 fully saturated rings. The Kier molecular flexibility index (Phi) is 5.64. The lowest BCUT2D eigenvalue weighted by atomic mass is 10.3. The van der Waals surface area contributed by atoms with Crippen molar-refractivity contribution in [1.29, 1.82) is 0 Å². The smallest absolute Gasteiger partial charge is 0.138 e. The van der Waals surface area contributed by atoms with Crippen LogP contribution in [0.4, 0.5) is 4.39 Å². The number of hydrogen-bond donors (Lipinski definition) is 0. The summed E-state index contributed by atoms with van der Waals surface area (Å²) in [5.74, 6) is 0.624. The maximum atomic E-state index is 13.2. The molecule has 0 saturated heterocycles. The standard InChI is InChI=1S/C11H14BrFOS/c1-3-14-8(2)7-15-9-4-5-10(12)11(13)6-9/h4-6,8H,3,7H2,1-2H3. The summed E-state index contributed by atoms with van der Waals surface area (Å²) >= 11 is 4.73. The number of benzene rings is 1. The maximum absolute atomic E-state index is 13.2. The lowest BCUT2D eigenvalue weighted by Gasteiger charge is -2.10. The van der Waals surface area contributed by atoms with Crippen molar-refractivity contribution in [2.45, 2.75) is 24.8 Å². The Morgan fingerprint density at radius 1 is 1.53 bits per heavy atom. The van der Waals surface area contributed by atoms with Gasteiger partial charge in [-0.05, 0) is 48.0 Å². The van der Waals surface area contributed by atoms with Crippen molar-refractivity contribution < 1.29 is 9.13 Å². The monoisotopic (exact) mass is 292 g/mol. The zero-order valence-electron chi connectivity index (χ0n) is 8.80. The summed E-state index contributed by atoms with van der Waals surface area (Å²) in [6, 6.07) is 5.16. The van der Waals surface area contributed by atoms with E-state index in [0.29, 0.717) is 4.47 Å². The molecule has 84 valence electrons. The molecule has 1 atom stereocenters. The first kappa shape index (κ1) is 13.0. The second-order valence-corrected chi connectivity index (χ2v) is 5.10. The molecule has 0 radical (unpaired) electrons. The van der Waals surface area contributed by atoms with Crippen LogP contribution in [-0.4, -0.2) is 18.5 Å². The summed E-state index contributed by atoms with van der Waals surface area (Å²) in [5, 5.41) is 0. The minimum atomic E-state index is -0.218. The molecule has 0 saturated carbocycles. The third-order valence-electron chi connectivity index (χ3n) is 1.83. The molecule has 1 rings (SSSR count). The van der Waals surface area contributed by atoms with Crippen LogP contribution in [0.3, 0.4) is 0 Å². The van der Waals surface area contributed by atoms with E-state index in [2.05, 4.69) is 15.9 Å². The van der Waals surface area contributed by atoms with E-state index in [4.69, 9.17) is 4.74 Å². The van der Waals surface area contributed by atoms with Crippen LogP contribution in [-0.2, 0) is 4.74 Å². The molecule has 4 heteroatoms. The second kappa shape index (κ2) is 6.51. The molecular weight excluding hydrogens is 279 g/mol. The largest absolute Gasteiger partial charge is 0.378 e. The molecule has 0 aliphatic rings. The van der Waals surface area contributed by atoms with Crippen LogP contribution in [0.5, 0.6) is 0 Å². The summed E-state index contributed by atoms with van der Waals surface area (Å²) in [6.45, 7) is 4.71. The number of halogens is 2. The Hall–Kier alpha value is -0.0600. The molecule has 0 amide bonds. The van der Waals surface area contributed by atoms with Crippen molar-refractivity contribution in [3.05, 3.63) is 28.5 Å². The van der Waals surface area contributed by atoms with Gasteiger partial charge in [0.15, 0.2) is 0 Å². The van der Waals surface area contributed by atoms with Gasteiger partial charge in [-0.15, -0.1) is 11.8 Å². The summed E-state index contributed by atoms with van der Waals surface area (Å²) in [4.78, 5) is 0.933. The van der Waals surface area contributed by atoms with Crippen molar-refractivity contribution in [1.82, 2.24) is 0 Å². The number of thioether (sulfide) groups is 1. The average Bonchev–Trinajstić information content (AvgIpc) is 2.20. The van der Waals surface area contributed by atoms with E-state index >= 15 is 0 Å². The van der Waals surface area contributed by atoms with Gasteiger partial charge in [0.05, 0.1) is 10.6 Å². The van der Waals surface area contributed by atoms with Gasteiger partial charge in [-0.25, -0.2) is 4.39 Å². The van der Waals surface area contributed by atoms with Crippen molar-refractivity contribution in [3.8, 4) is 0 Å². The molecular formula is C11H14BrFOS. The first-order valence-corrected chi connectivity index (χ1v) is 6.60. The van der Waals surface area contributed by atoms with Crippen molar-refractivity contribution in [2.24, 2.45) is 0 Å². The molecule has 1 nitrogen and oxygen atoms in total. The first-order chi connectivity index (χ1) is 7.13. The highest BCUT2D eigenvalue weighted by Gasteiger charge is 2.04. The van der Waals surface area contributed by atoms with Gasteiger partial charge in [0, 0.05) is 17.3 Å². The van der Waals surface area contributed by atoms with Gasteiger partial charge in [0.25, 0.3) is 0 Å². The Morgan fingerprint density at radius 3 is 2.87 bits per heavy atom. The molecule has 0 spiro atoms. The molecule has 0 bridgehead atoms. The zero-order chi connectivity index (χ0) is 11.3. The third-order valence-corrected chi connectivity index (χ3v) is 3.69. The van der Waals surface area contributed by atoms with E-state index in [9.17, 15) is 4.39 Å². The van der Waals surface area contributed by atoms with E-state index in [0.717, 1.165) is 17.3 Å². The third kappa shape index (κ3) is 4.53. The minimum Gasteiger partial charge on any atom is -0.378 e. The van der Waals surface area contributed by atoms with E-state index in [1.165, 1.54) is 6.07 Å². The predicted molar refractivity (Wildman–Crippen MR) is 65.9 cm³/mol. The average molecular weight is 293 g/mol. The van der Waals surface area contributed by atoms with Crippen LogP contribution in [0.2, 0.25) is 0 Å². The number of ether oxygens (including phenoxy) is 1. The lowest BCUT2D eigenvalue weighted by molar-refractivity contribution is 0.0932. The van der Waals surface area contributed by atoms with Crippen LogP contribution in [0.15, 0.2) is 27.6 Å². The molecule has 1 aromatic rings. The fraction of sp³-hybridized carbons (Fsp3) is 0.455.